The van der Waals surface area contributed by atoms with Crippen LogP contribution in [-0.4, -0.2) is 8.56 Å². The summed E-state index contributed by atoms with van der Waals surface area (Å²) in [6.45, 7) is 18.0. The average Bonchev–Trinajstić information content (AvgIpc) is 4.06. The van der Waals surface area contributed by atoms with E-state index in [1.54, 1.807) is 0 Å². The molecule has 13 heteroatoms. The first-order valence-electron chi connectivity index (χ1n) is 21.8. The first-order chi connectivity index (χ1) is 29.6. The maximum absolute atomic E-state index is 7.40. The number of fused-ring (bicyclic) bond motifs is 6. The van der Waals surface area contributed by atoms with Crippen molar-refractivity contribution in [2.45, 2.75) is 147 Å². The van der Waals surface area contributed by atoms with Gasteiger partial charge in [-0.1, -0.05) is 89.8 Å². The van der Waals surface area contributed by atoms with Gasteiger partial charge in [0.15, 0.2) is 11.2 Å². The van der Waals surface area contributed by atoms with E-state index >= 15 is 0 Å². The second-order valence-electron chi connectivity index (χ2n) is 19.4. The fourth-order valence-corrected chi connectivity index (χ4v) is 16.7. The molecule has 346 valence electrons. The van der Waals surface area contributed by atoms with Gasteiger partial charge in [0.25, 0.3) is 11.1 Å². The van der Waals surface area contributed by atoms with Gasteiger partial charge in [-0.2, -0.15) is 0 Å². The van der Waals surface area contributed by atoms with Crippen molar-refractivity contribution in [3.63, 3.8) is 0 Å². The molecular weight excluding hydrogens is 1070 g/mol. The molecule has 0 saturated heterocycles. The average molecular weight is 1130 g/mol. The molecule has 1 spiro atoms. The van der Waals surface area contributed by atoms with Crippen LogP contribution in [-0.2, 0) is 53.0 Å². The van der Waals surface area contributed by atoms with Crippen molar-refractivity contribution in [2.75, 3.05) is 0 Å². The summed E-state index contributed by atoms with van der Waals surface area (Å²) in [7, 11) is 17.0. The summed E-state index contributed by atoms with van der Waals surface area (Å²) in [6.07, 6.45) is 12.2. The van der Waals surface area contributed by atoms with Crippen LogP contribution in [0, 0.1) is 42.5 Å². The molecule has 10 rings (SSSR count). The molecule has 4 aromatic carbocycles. The van der Waals surface area contributed by atoms with Crippen molar-refractivity contribution in [1.82, 2.24) is 0 Å². The normalized spacial score (nSPS) is 21.4. The molecule has 64 heavy (non-hydrogen) atoms. The summed E-state index contributed by atoms with van der Waals surface area (Å²) in [6, 6.07) is 21.8. The fourth-order valence-electron chi connectivity index (χ4n) is 11.9. The molecule has 5 aliphatic rings. The topological polar surface area (TPSA) is 69.5 Å². The third-order valence-corrected chi connectivity index (χ3v) is 18.9. The molecule has 1 aliphatic heterocycles. The zero-order chi connectivity index (χ0) is 44.2. The number of rotatable bonds is 4. The number of hydrogen-bond acceptors (Lipinski definition) is 6. The summed E-state index contributed by atoms with van der Waals surface area (Å²) in [5, 5.41) is 0. The molecule has 0 unspecified atom stereocenters. The molecule has 0 N–H and O–H groups in total. The molecule has 5 aromatic rings. The van der Waals surface area contributed by atoms with E-state index in [2.05, 4.69) is 116 Å². The quantitative estimate of drug-likeness (QED) is 0.133. The predicted molar refractivity (Wildman–Crippen MR) is 261 cm³/mol. The first-order valence-corrected chi connectivity index (χ1v) is 34.1. The van der Waals surface area contributed by atoms with Gasteiger partial charge in [0.1, 0.15) is 11.5 Å². The van der Waals surface area contributed by atoms with Gasteiger partial charge in [0.05, 0.1) is 11.4 Å². The molecule has 1 aromatic heterocycles. The van der Waals surface area contributed by atoms with Gasteiger partial charge >= 0.3 is 81.4 Å². The van der Waals surface area contributed by atoms with Gasteiger partial charge in [-0.15, -0.1) is 0 Å². The monoisotopic (exact) mass is 1130 g/mol. The number of benzene rings is 4. The van der Waals surface area contributed by atoms with Crippen LogP contribution in [0.1, 0.15) is 136 Å². The first kappa shape index (κ1) is 51.7. The van der Waals surface area contributed by atoms with E-state index in [-0.39, 0.29) is 47.0 Å². The number of hydrogen-bond donors (Lipinski definition) is 0. The molecule has 0 radical (unpaired) electrons. The van der Waals surface area contributed by atoms with Crippen molar-refractivity contribution < 1.29 is 54.5 Å². The van der Waals surface area contributed by atoms with E-state index in [0.717, 1.165) is 58.0 Å². The molecule has 0 amide bonds. The number of para-hydroxylation sites is 2. The SMILES string of the molecule is Cc1cccc(C)c1N=c1oc2cc3c(cc2oc1=Nc1c(C)cccc1C)[C@@]1(CC(C)(C)c2cc4c(cc21)O[Si](C1CCCC1)(C1CCCC1)O4)CC3(C)C.[CH3-].[CH3-].[Cl][Pd][Cl].[Cl][Zr+2][Cl]. The Morgan fingerprint density at radius 1 is 0.594 bits per heavy atom. The molecule has 2 saturated carbocycles. The Bertz CT molecular complexity index is 2600. The fraction of sp³-hybridized carbons (Fsp3) is 0.451. The third kappa shape index (κ3) is 9.40. The van der Waals surface area contributed by atoms with Crippen LogP contribution in [0.5, 0.6) is 11.5 Å². The van der Waals surface area contributed by atoms with Gasteiger partial charge in [-0.05, 0) is 146 Å². The number of halogens is 4. The molecule has 1 atom stereocenters. The molecule has 6 nitrogen and oxygen atoms in total. The van der Waals surface area contributed by atoms with Crippen LogP contribution in [0.15, 0.2) is 79.5 Å². The van der Waals surface area contributed by atoms with E-state index < -0.39 is 29.4 Å². The number of nitrogens with zero attached hydrogens (tertiary/aromatic N) is 2. The summed E-state index contributed by atoms with van der Waals surface area (Å²) >= 11 is -0.931. The Morgan fingerprint density at radius 3 is 1.31 bits per heavy atom. The molecule has 2 fully saturated rings. The molecule has 4 aliphatic carbocycles. The van der Waals surface area contributed by atoms with E-state index in [1.165, 1.54) is 73.6 Å². The zero-order valence-corrected chi connectivity index (χ0v) is 46.9. The maximum atomic E-state index is 7.40. The van der Waals surface area contributed by atoms with E-state index in [1.807, 2.05) is 0 Å². The third-order valence-electron chi connectivity index (χ3n) is 14.4. The van der Waals surface area contributed by atoms with Gasteiger partial charge in [0.2, 0.25) is 0 Å². The second kappa shape index (κ2) is 20.5. The second-order valence-corrected chi connectivity index (χ2v) is 29.0. The van der Waals surface area contributed by atoms with Crippen molar-refractivity contribution in [3.05, 3.63) is 131 Å². The summed E-state index contributed by atoms with van der Waals surface area (Å²) in [4.78, 5) is 10.3. The Balaban J connectivity index is 0.000000807. The summed E-state index contributed by atoms with van der Waals surface area (Å²) < 4.78 is 28.5. The van der Waals surface area contributed by atoms with Crippen LogP contribution >= 0.6 is 36.1 Å². The van der Waals surface area contributed by atoms with Gasteiger partial charge in [-0.3, -0.25) is 0 Å². The van der Waals surface area contributed by atoms with Crippen molar-refractivity contribution >= 4 is 67.2 Å². The molecular formula is C51H62Cl4N2O4PdSiZr. The Morgan fingerprint density at radius 2 is 0.922 bits per heavy atom. The Labute approximate surface area is 417 Å². The van der Waals surface area contributed by atoms with Crippen LogP contribution in [0.25, 0.3) is 11.2 Å². The van der Waals surface area contributed by atoms with Gasteiger partial charge in [-0.25, -0.2) is 9.98 Å². The minimum absolute atomic E-state index is 0. The summed E-state index contributed by atoms with van der Waals surface area (Å²) in [5.74, 6) is 2.02. The van der Waals surface area contributed by atoms with Crippen molar-refractivity contribution in [3.8, 4) is 11.5 Å². The van der Waals surface area contributed by atoms with Crippen LogP contribution in [0.3, 0.4) is 0 Å². The number of aryl methyl sites for hydroxylation is 4. The van der Waals surface area contributed by atoms with Crippen LogP contribution in [0.2, 0.25) is 11.1 Å². The van der Waals surface area contributed by atoms with E-state index in [4.69, 9.17) is 63.8 Å². The van der Waals surface area contributed by atoms with Crippen molar-refractivity contribution in [2.24, 2.45) is 9.98 Å². The van der Waals surface area contributed by atoms with Gasteiger partial charge in [0, 0.05) is 16.5 Å². The molecule has 0 bridgehead atoms. The van der Waals surface area contributed by atoms with Gasteiger partial charge < -0.3 is 32.5 Å². The Hall–Kier alpha value is -1.66. The van der Waals surface area contributed by atoms with Crippen LogP contribution in [0.4, 0.5) is 11.4 Å². The predicted octanol–water partition coefficient (Wildman–Crippen LogP) is 16.1. The van der Waals surface area contributed by atoms with E-state index in [9.17, 15) is 0 Å². The van der Waals surface area contributed by atoms with E-state index in [0.29, 0.717) is 33.4 Å². The van der Waals surface area contributed by atoms with Crippen molar-refractivity contribution in [1.29, 1.82) is 0 Å². The summed E-state index contributed by atoms with van der Waals surface area (Å²) in [5.41, 5.74) is 14.4. The minimum atomic E-state index is -2.47. The molecule has 2 heterocycles. The Kier molecular flexibility index (Phi) is 16.6. The zero-order valence-electron chi connectivity index (χ0n) is 38.9. The standard InChI is InChI=1S/C49H56N2O4Si.2CH3.4ClH.Pd.Zr/c1-29-15-13-16-30(2)43(29)50-45-46(51-44-31(3)17-14-18-32(44)4)53-40-25-37-35(23-39(40)52-45)47(5,6)27-49(37)28-48(7,8)36-24-41-42(26-38(36)49)55-56(54-41,33-19-9-10-20-33)34-21-11-12-22-34;;;;;;;;/h13-18,23-26,33-34H,9-12,19-22,27-28H2,1-8H3;2*1H3;4*1H;;/q;2*-1;;;;;+2;+4/p-4/t49-;;;;;;;;/m0......../s1. The van der Waals surface area contributed by atoms with Crippen LogP contribution < -0.4 is 20.0 Å².